The molecule has 23 heavy (non-hydrogen) atoms. The molecule has 0 aliphatic rings. The number of carbonyl (C=O) groups is 2. The van der Waals surface area contributed by atoms with E-state index < -0.39 is 12.1 Å². The number of ether oxygens (including phenoxy) is 1. The van der Waals surface area contributed by atoms with Gasteiger partial charge in [0.15, 0.2) is 6.10 Å². The van der Waals surface area contributed by atoms with Crippen LogP contribution in [0.1, 0.15) is 6.92 Å². The number of amides is 3. The molecule has 1 unspecified atom stereocenters. The van der Waals surface area contributed by atoms with Gasteiger partial charge in [0.2, 0.25) is 0 Å². The predicted octanol–water partition coefficient (Wildman–Crippen LogP) is 3.24. The fourth-order valence-electron chi connectivity index (χ4n) is 1.81. The van der Waals surface area contributed by atoms with Crippen molar-refractivity contribution in [1.29, 1.82) is 0 Å². The van der Waals surface area contributed by atoms with Crippen LogP contribution in [0.4, 0.5) is 16.2 Å². The zero-order chi connectivity index (χ0) is 16.8. The lowest BCUT2D eigenvalue weighted by Crippen LogP contribution is -2.30. The van der Waals surface area contributed by atoms with Crippen LogP contribution < -0.4 is 21.1 Å². The van der Waals surface area contributed by atoms with Gasteiger partial charge in [-0.25, -0.2) is 4.79 Å². The Hall–Kier alpha value is -2.73. The van der Waals surface area contributed by atoms with Gasteiger partial charge in [0.05, 0.1) is 5.02 Å². The number of urea groups is 1. The molecule has 0 aliphatic carbocycles. The molecule has 0 radical (unpaired) electrons. The summed E-state index contributed by atoms with van der Waals surface area (Å²) in [4.78, 5) is 22.9. The van der Waals surface area contributed by atoms with Crippen LogP contribution >= 0.6 is 11.6 Å². The fourth-order valence-corrected chi connectivity index (χ4v) is 1.99. The van der Waals surface area contributed by atoms with Gasteiger partial charge < -0.3 is 21.1 Å². The highest BCUT2D eigenvalue weighted by Crippen LogP contribution is 2.24. The highest BCUT2D eigenvalue weighted by Gasteiger charge is 2.16. The van der Waals surface area contributed by atoms with E-state index in [1.54, 1.807) is 55.5 Å². The number of nitrogens with one attached hydrogen (secondary N) is 2. The number of nitrogens with two attached hydrogens (primary N) is 1. The van der Waals surface area contributed by atoms with Crippen molar-refractivity contribution >= 4 is 34.9 Å². The van der Waals surface area contributed by atoms with Gasteiger partial charge in [0.1, 0.15) is 5.75 Å². The monoisotopic (exact) mass is 333 g/mol. The first-order valence-electron chi connectivity index (χ1n) is 6.84. The van der Waals surface area contributed by atoms with E-state index in [0.717, 1.165) is 0 Å². The average Bonchev–Trinajstić information content (AvgIpc) is 2.51. The minimum atomic E-state index is -0.724. The Morgan fingerprint density at radius 1 is 1.04 bits per heavy atom. The molecule has 6 nitrogen and oxygen atoms in total. The minimum Gasteiger partial charge on any atom is -0.479 e. The molecule has 0 bridgehead atoms. The van der Waals surface area contributed by atoms with Crippen molar-refractivity contribution in [2.24, 2.45) is 5.73 Å². The minimum absolute atomic E-state index is 0.319. The van der Waals surface area contributed by atoms with E-state index in [1.165, 1.54) is 0 Å². The summed E-state index contributed by atoms with van der Waals surface area (Å²) >= 11 is 5.99. The van der Waals surface area contributed by atoms with Gasteiger partial charge in [-0.15, -0.1) is 0 Å². The predicted molar refractivity (Wildman–Crippen MR) is 89.8 cm³/mol. The Morgan fingerprint density at radius 3 is 2.17 bits per heavy atom. The van der Waals surface area contributed by atoms with Crippen LogP contribution in [0.5, 0.6) is 5.75 Å². The molecule has 4 N–H and O–H groups in total. The second-order valence-electron chi connectivity index (χ2n) is 4.75. The zero-order valence-electron chi connectivity index (χ0n) is 12.4. The van der Waals surface area contributed by atoms with Crippen molar-refractivity contribution in [2.45, 2.75) is 13.0 Å². The molecule has 0 aliphatic heterocycles. The van der Waals surface area contributed by atoms with Crippen LogP contribution in [0.15, 0.2) is 48.5 Å². The Kier molecular flexibility index (Phi) is 5.43. The van der Waals surface area contributed by atoms with E-state index in [9.17, 15) is 9.59 Å². The molecule has 0 aromatic heterocycles. The molecule has 2 rings (SSSR count). The Morgan fingerprint density at radius 2 is 1.61 bits per heavy atom. The van der Waals surface area contributed by atoms with E-state index >= 15 is 0 Å². The molecule has 0 saturated carbocycles. The SMILES string of the molecule is CC(Oc1ccccc1Cl)C(=O)Nc1ccc(NC(N)=O)cc1. The fraction of sp³-hybridized carbons (Fsp3) is 0.125. The summed E-state index contributed by atoms with van der Waals surface area (Å²) in [6, 6.07) is 12.8. The van der Waals surface area contributed by atoms with Crippen molar-refractivity contribution in [2.75, 3.05) is 10.6 Å². The van der Waals surface area contributed by atoms with Gasteiger partial charge in [0, 0.05) is 11.4 Å². The second-order valence-corrected chi connectivity index (χ2v) is 5.15. The standard InChI is InChI=1S/C16H16ClN3O3/c1-10(23-14-5-3-2-4-13(14)17)15(21)19-11-6-8-12(9-7-11)20-16(18)22/h2-10H,1H3,(H,19,21)(H3,18,20,22). The summed E-state index contributed by atoms with van der Waals surface area (Å²) < 4.78 is 5.54. The maximum atomic E-state index is 12.1. The van der Waals surface area contributed by atoms with Crippen molar-refractivity contribution in [1.82, 2.24) is 0 Å². The first-order chi connectivity index (χ1) is 11.0. The van der Waals surface area contributed by atoms with Crippen LogP contribution in [-0.4, -0.2) is 18.0 Å². The van der Waals surface area contributed by atoms with Gasteiger partial charge in [-0.05, 0) is 43.3 Å². The summed E-state index contributed by atoms with van der Waals surface area (Å²) in [5.74, 6) is 0.123. The molecule has 120 valence electrons. The molecule has 7 heteroatoms. The molecule has 0 spiro atoms. The van der Waals surface area contributed by atoms with Gasteiger partial charge in [0.25, 0.3) is 5.91 Å². The Labute approximate surface area is 138 Å². The Balaban J connectivity index is 1.95. The number of hydrogen-bond donors (Lipinski definition) is 3. The number of rotatable bonds is 5. The smallest absolute Gasteiger partial charge is 0.316 e. The van der Waals surface area contributed by atoms with Crippen molar-refractivity contribution < 1.29 is 14.3 Å². The summed E-state index contributed by atoms with van der Waals surface area (Å²) in [6.45, 7) is 1.63. The Bertz CT molecular complexity index is 704. The average molecular weight is 334 g/mol. The van der Waals surface area contributed by atoms with Gasteiger partial charge in [-0.1, -0.05) is 23.7 Å². The lowest BCUT2D eigenvalue weighted by atomic mass is 10.2. The number of benzene rings is 2. The lowest BCUT2D eigenvalue weighted by molar-refractivity contribution is -0.122. The summed E-state index contributed by atoms with van der Waals surface area (Å²) in [6.07, 6.45) is -0.724. The largest absolute Gasteiger partial charge is 0.479 e. The van der Waals surface area contributed by atoms with E-state index in [-0.39, 0.29) is 5.91 Å². The molecule has 2 aromatic rings. The normalized spacial score (nSPS) is 11.4. The number of halogens is 1. The van der Waals surface area contributed by atoms with Crippen molar-refractivity contribution in [3.8, 4) is 5.75 Å². The maximum Gasteiger partial charge on any atom is 0.316 e. The molecule has 3 amide bonds. The lowest BCUT2D eigenvalue weighted by Gasteiger charge is -2.15. The van der Waals surface area contributed by atoms with E-state index in [4.69, 9.17) is 22.1 Å². The van der Waals surface area contributed by atoms with E-state index in [2.05, 4.69) is 10.6 Å². The second kappa shape index (κ2) is 7.51. The third-order valence-electron chi connectivity index (χ3n) is 2.93. The van der Waals surface area contributed by atoms with Crippen LogP contribution in [0.3, 0.4) is 0 Å². The van der Waals surface area contributed by atoms with Gasteiger partial charge in [-0.3, -0.25) is 4.79 Å². The van der Waals surface area contributed by atoms with E-state index in [0.29, 0.717) is 22.1 Å². The van der Waals surface area contributed by atoms with Crippen molar-refractivity contribution in [3.05, 3.63) is 53.6 Å². The number of carbonyl (C=O) groups excluding carboxylic acids is 2. The highest BCUT2D eigenvalue weighted by molar-refractivity contribution is 6.32. The summed E-state index contributed by atoms with van der Waals surface area (Å²) in [5.41, 5.74) is 6.13. The van der Waals surface area contributed by atoms with Crippen molar-refractivity contribution in [3.63, 3.8) is 0 Å². The van der Waals surface area contributed by atoms with Crippen LogP contribution in [-0.2, 0) is 4.79 Å². The van der Waals surface area contributed by atoms with E-state index in [1.807, 2.05) is 0 Å². The molecule has 1 atom stereocenters. The highest BCUT2D eigenvalue weighted by atomic mass is 35.5. The number of para-hydroxylation sites is 1. The van der Waals surface area contributed by atoms with Crippen LogP contribution in [0.25, 0.3) is 0 Å². The van der Waals surface area contributed by atoms with Crippen LogP contribution in [0, 0.1) is 0 Å². The quantitative estimate of drug-likeness (QED) is 0.784. The number of anilines is 2. The van der Waals surface area contributed by atoms with Gasteiger partial charge >= 0.3 is 6.03 Å². The molecule has 0 saturated heterocycles. The maximum absolute atomic E-state index is 12.1. The number of primary amides is 1. The molecule has 2 aromatic carbocycles. The third-order valence-corrected chi connectivity index (χ3v) is 3.24. The first kappa shape index (κ1) is 16.6. The van der Waals surface area contributed by atoms with Crippen LogP contribution in [0.2, 0.25) is 5.02 Å². The molecule has 0 heterocycles. The number of hydrogen-bond acceptors (Lipinski definition) is 3. The molecule has 0 fully saturated rings. The third kappa shape index (κ3) is 4.89. The van der Waals surface area contributed by atoms with Gasteiger partial charge in [-0.2, -0.15) is 0 Å². The first-order valence-corrected chi connectivity index (χ1v) is 7.22. The summed E-state index contributed by atoms with van der Waals surface area (Å²) in [5, 5.41) is 5.58. The summed E-state index contributed by atoms with van der Waals surface area (Å²) in [7, 11) is 0. The molecular weight excluding hydrogens is 318 g/mol. The zero-order valence-corrected chi connectivity index (χ0v) is 13.1. The molecular formula is C16H16ClN3O3. The topological polar surface area (TPSA) is 93.4 Å².